The average molecular weight is 896 g/mol. The number of rotatable bonds is 49. The van der Waals surface area contributed by atoms with Gasteiger partial charge in [-0.2, -0.15) is 0 Å². The van der Waals surface area contributed by atoms with E-state index in [4.69, 9.17) is 0 Å². The molecule has 0 aliphatic carbocycles. The summed E-state index contributed by atoms with van der Waals surface area (Å²) in [6, 6.07) is 3.70. The molecule has 0 aliphatic rings. The zero-order valence-electron chi connectivity index (χ0n) is 42.7. The Balaban J connectivity index is 0.0000372. The molecule has 5 heteroatoms. The molecule has 360 valence electrons. The standard InChI is InChI=1S/C57H108O3S.Na/c1-4-7-10-13-16-19-22-25-28-31-34-37-40-43-46-49-54-52-53-57(61(58,59)60)56(51-48-45-42-39-36-33-30-27-24-21-18-15-12-9-6-3)55(54)50-47-44-41-38-35-32-29-26-23-20-17-14-11-8-5-2;/h52-53H,4-51H2,1-3H3,(H,58,59,60);/q;+1/p-1. The summed E-state index contributed by atoms with van der Waals surface area (Å²) >= 11 is 0. The topological polar surface area (TPSA) is 57.2 Å². The first kappa shape index (κ1) is 62.1. The first-order valence-electron chi connectivity index (χ1n) is 28.0. The maximum absolute atomic E-state index is 12.6. The van der Waals surface area contributed by atoms with Crippen molar-refractivity contribution in [2.24, 2.45) is 0 Å². The molecule has 0 atom stereocenters. The van der Waals surface area contributed by atoms with Crippen molar-refractivity contribution in [3.63, 3.8) is 0 Å². The Morgan fingerprint density at radius 2 is 0.516 bits per heavy atom. The average Bonchev–Trinajstić information content (AvgIpc) is 3.25. The minimum absolute atomic E-state index is 0. The van der Waals surface area contributed by atoms with Crippen molar-refractivity contribution in [3.05, 3.63) is 28.8 Å². The molecule has 0 amide bonds. The van der Waals surface area contributed by atoms with Gasteiger partial charge in [0.25, 0.3) is 0 Å². The van der Waals surface area contributed by atoms with E-state index < -0.39 is 10.1 Å². The molecule has 1 rings (SSSR count). The van der Waals surface area contributed by atoms with Crippen LogP contribution in [0.3, 0.4) is 0 Å². The van der Waals surface area contributed by atoms with Gasteiger partial charge in [0.2, 0.25) is 0 Å². The van der Waals surface area contributed by atoms with Gasteiger partial charge in [0.15, 0.2) is 0 Å². The van der Waals surface area contributed by atoms with Crippen LogP contribution in [0.4, 0.5) is 0 Å². The normalized spacial score (nSPS) is 11.7. The second-order valence-corrected chi connectivity index (χ2v) is 21.1. The van der Waals surface area contributed by atoms with Crippen molar-refractivity contribution in [1.82, 2.24) is 0 Å². The Kier molecular flexibility index (Phi) is 47.7. The number of hydrogen-bond acceptors (Lipinski definition) is 3. The van der Waals surface area contributed by atoms with Crippen LogP contribution in [0.5, 0.6) is 0 Å². The van der Waals surface area contributed by atoms with Gasteiger partial charge in [0.1, 0.15) is 10.1 Å². The number of benzene rings is 1. The van der Waals surface area contributed by atoms with Crippen LogP contribution in [0, 0.1) is 0 Å². The van der Waals surface area contributed by atoms with E-state index in [-0.39, 0.29) is 34.5 Å². The molecule has 0 N–H and O–H groups in total. The third-order valence-corrected chi connectivity index (χ3v) is 14.8. The summed E-state index contributed by atoms with van der Waals surface area (Å²) in [4.78, 5) is 0.0778. The van der Waals surface area contributed by atoms with E-state index in [1.807, 2.05) is 6.07 Å². The van der Waals surface area contributed by atoms with Gasteiger partial charge in [-0.15, -0.1) is 0 Å². The molecule has 0 aromatic heterocycles. The van der Waals surface area contributed by atoms with Crippen LogP contribution < -0.4 is 29.6 Å². The fourth-order valence-corrected chi connectivity index (χ4v) is 10.6. The predicted molar refractivity (Wildman–Crippen MR) is 270 cm³/mol. The fourth-order valence-electron chi connectivity index (χ4n) is 9.81. The first-order valence-corrected chi connectivity index (χ1v) is 29.5. The van der Waals surface area contributed by atoms with Gasteiger partial charge in [-0.1, -0.05) is 297 Å². The summed E-state index contributed by atoms with van der Waals surface area (Å²) in [6.45, 7) is 6.87. The van der Waals surface area contributed by atoms with E-state index in [1.54, 1.807) is 6.07 Å². The summed E-state index contributed by atoms with van der Waals surface area (Å²) in [7, 11) is -4.50. The van der Waals surface area contributed by atoms with E-state index in [1.165, 1.54) is 274 Å². The molecule has 0 radical (unpaired) electrons. The quantitative estimate of drug-likeness (QED) is 0.0372. The first-order chi connectivity index (χ1) is 30.0. The molecule has 0 fully saturated rings. The smallest absolute Gasteiger partial charge is 0.744 e. The number of unbranched alkanes of at least 4 members (excludes halogenated alkanes) is 42. The third kappa shape index (κ3) is 38.3. The second-order valence-electron chi connectivity index (χ2n) is 19.7. The Labute approximate surface area is 412 Å². The van der Waals surface area contributed by atoms with Crippen LogP contribution in [0.2, 0.25) is 0 Å². The zero-order chi connectivity index (χ0) is 44.2. The van der Waals surface area contributed by atoms with Crippen LogP contribution >= 0.6 is 0 Å². The molecule has 62 heavy (non-hydrogen) atoms. The van der Waals surface area contributed by atoms with Crippen LogP contribution in [0.25, 0.3) is 0 Å². The molecule has 0 saturated carbocycles. The molecule has 1 aromatic rings. The van der Waals surface area contributed by atoms with Crippen molar-refractivity contribution in [1.29, 1.82) is 0 Å². The summed E-state index contributed by atoms with van der Waals surface area (Å²) in [5.41, 5.74) is 3.43. The van der Waals surface area contributed by atoms with Crippen LogP contribution in [-0.4, -0.2) is 13.0 Å². The van der Waals surface area contributed by atoms with Gasteiger partial charge < -0.3 is 4.55 Å². The SMILES string of the molecule is CCCCCCCCCCCCCCCCCc1ccc(S(=O)(=O)[O-])c(CCCCCCCCCCCCCCCCC)c1CCCCCCCCCCCCCCCCC.[Na+]. The molecule has 3 nitrogen and oxygen atoms in total. The zero-order valence-corrected chi connectivity index (χ0v) is 45.5. The largest absolute Gasteiger partial charge is 1.00 e. The Morgan fingerprint density at radius 1 is 0.306 bits per heavy atom. The van der Waals surface area contributed by atoms with E-state index >= 15 is 0 Å². The molecular formula is C57H107NaO3S. The van der Waals surface area contributed by atoms with Gasteiger partial charge in [-0.3, -0.25) is 0 Å². The number of aryl methyl sites for hydroxylation is 1. The maximum Gasteiger partial charge on any atom is 1.00 e. The summed E-state index contributed by atoms with van der Waals surface area (Å²) in [5.74, 6) is 0. The predicted octanol–water partition coefficient (Wildman–Crippen LogP) is 16.8. The molecule has 1 aromatic carbocycles. The minimum Gasteiger partial charge on any atom is -0.744 e. The monoisotopic (exact) mass is 895 g/mol. The minimum atomic E-state index is -4.50. The van der Waals surface area contributed by atoms with Crippen molar-refractivity contribution in [3.8, 4) is 0 Å². The fraction of sp³-hybridized carbons (Fsp3) is 0.895. The van der Waals surface area contributed by atoms with Crippen LogP contribution in [0.15, 0.2) is 17.0 Å². The van der Waals surface area contributed by atoms with Crippen LogP contribution in [0.1, 0.15) is 326 Å². The van der Waals surface area contributed by atoms with Crippen molar-refractivity contribution in [2.45, 2.75) is 334 Å². The summed E-state index contributed by atoms with van der Waals surface area (Å²) < 4.78 is 37.9. The molecule has 0 bridgehead atoms. The molecule has 0 spiro atoms. The third-order valence-electron chi connectivity index (χ3n) is 13.9. The maximum atomic E-state index is 12.6. The molecule has 0 saturated heterocycles. The van der Waals surface area contributed by atoms with Gasteiger partial charge in [0, 0.05) is 0 Å². The number of hydrogen-bond donors (Lipinski definition) is 0. The summed E-state index contributed by atoms with van der Waals surface area (Å²) in [6.07, 6.45) is 63.1. The van der Waals surface area contributed by atoms with Crippen molar-refractivity contribution < 1.29 is 42.5 Å². The molecule has 0 unspecified atom stereocenters. The van der Waals surface area contributed by atoms with Crippen molar-refractivity contribution in [2.75, 3.05) is 0 Å². The Morgan fingerprint density at radius 3 is 0.758 bits per heavy atom. The Hall–Kier alpha value is 0.130. The van der Waals surface area contributed by atoms with Gasteiger partial charge in [-0.05, 0) is 61.3 Å². The molecule has 0 heterocycles. The van der Waals surface area contributed by atoms with Gasteiger partial charge in [-0.25, -0.2) is 8.42 Å². The van der Waals surface area contributed by atoms with Crippen molar-refractivity contribution >= 4 is 10.1 Å². The van der Waals surface area contributed by atoms with Gasteiger partial charge >= 0.3 is 29.6 Å². The summed E-state index contributed by atoms with van der Waals surface area (Å²) in [5, 5.41) is 0. The van der Waals surface area contributed by atoms with Gasteiger partial charge in [0.05, 0.1) is 4.90 Å². The van der Waals surface area contributed by atoms with E-state index in [0.717, 1.165) is 50.5 Å². The van der Waals surface area contributed by atoms with Crippen LogP contribution in [-0.2, 0) is 29.4 Å². The van der Waals surface area contributed by atoms with E-state index in [9.17, 15) is 13.0 Å². The Bertz CT molecular complexity index is 1170. The second kappa shape index (κ2) is 47.6. The van der Waals surface area contributed by atoms with E-state index in [2.05, 4.69) is 20.8 Å². The van der Waals surface area contributed by atoms with E-state index in [0.29, 0.717) is 0 Å². The molecule has 0 aliphatic heterocycles. The molecular weight excluding hydrogens is 788 g/mol.